The molecular weight excluding hydrogens is 216 g/mol. The van der Waals surface area contributed by atoms with Gasteiger partial charge in [0.1, 0.15) is 5.02 Å². The third kappa shape index (κ3) is 1.98. The first kappa shape index (κ1) is 10.4. The Hall–Kier alpha value is -1.07. The van der Waals surface area contributed by atoms with Crippen molar-refractivity contribution in [3.63, 3.8) is 0 Å². The lowest BCUT2D eigenvalue weighted by Crippen LogP contribution is -2.30. The number of hydrogen-bond acceptors (Lipinski definition) is 4. The maximum absolute atomic E-state index is 11.3. The second-order valence-electron chi connectivity index (χ2n) is 3.62. The van der Waals surface area contributed by atoms with Crippen LogP contribution in [0.5, 0.6) is 0 Å². The van der Waals surface area contributed by atoms with Gasteiger partial charge in [-0.3, -0.25) is 4.79 Å². The molecule has 0 spiro atoms. The summed E-state index contributed by atoms with van der Waals surface area (Å²) < 4.78 is 0. The van der Waals surface area contributed by atoms with Gasteiger partial charge in [0.05, 0.1) is 11.9 Å². The van der Waals surface area contributed by atoms with Crippen molar-refractivity contribution < 1.29 is 0 Å². The van der Waals surface area contributed by atoms with E-state index in [2.05, 4.69) is 20.4 Å². The summed E-state index contributed by atoms with van der Waals surface area (Å²) in [6.07, 6.45) is 2.65. The Kier molecular flexibility index (Phi) is 2.93. The van der Waals surface area contributed by atoms with Crippen molar-refractivity contribution in [1.29, 1.82) is 0 Å². The van der Waals surface area contributed by atoms with E-state index < -0.39 is 0 Å². The highest BCUT2D eigenvalue weighted by Crippen LogP contribution is 2.24. The zero-order valence-electron chi connectivity index (χ0n) is 8.46. The van der Waals surface area contributed by atoms with Gasteiger partial charge in [-0.05, 0) is 13.5 Å². The molecule has 5 nitrogen and oxygen atoms in total. The van der Waals surface area contributed by atoms with Crippen LogP contribution in [0.3, 0.4) is 0 Å². The molecular formula is C9H13ClN4O. The molecule has 1 saturated heterocycles. The summed E-state index contributed by atoms with van der Waals surface area (Å²) in [7, 11) is 1.94. The molecule has 1 aromatic rings. The Balaban J connectivity index is 2.24. The predicted octanol–water partition coefficient (Wildman–Crippen LogP) is 0.221. The maximum Gasteiger partial charge on any atom is 0.285 e. The number of nitrogens with zero attached hydrogens (tertiary/aromatic N) is 2. The van der Waals surface area contributed by atoms with E-state index in [0.717, 1.165) is 25.2 Å². The minimum absolute atomic E-state index is 0.224. The van der Waals surface area contributed by atoms with Crippen molar-refractivity contribution in [1.82, 2.24) is 15.5 Å². The van der Waals surface area contributed by atoms with Crippen LogP contribution >= 0.6 is 11.6 Å². The van der Waals surface area contributed by atoms with Crippen LogP contribution in [-0.2, 0) is 0 Å². The highest BCUT2D eigenvalue weighted by molar-refractivity contribution is 6.33. The van der Waals surface area contributed by atoms with Crippen LogP contribution in [0.15, 0.2) is 11.0 Å². The zero-order valence-corrected chi connectivity index (χ0v) is 9.21. The molecule has 1 aromatic heterocycles. The third-order valence-electron chi connectivity index (χ3n) is 2.71. The Labute approximate surface area is 92.4 Å². The molecule has 2 heterocycles. The van der Waals surface area contributed by atoms with Crippen LogP contribution in [0.4, 0.5) is 5.69 Å². The number of likely N-dealkylation sites (N-methyl/N-ethyl adjacent to an activating group) is 1. The summed E-state index contributed by atoms with van der Waals surface area (Å²) in [5.74, 6) is 0. The topological polar surface area (TPSA) is 61.0 Å². The fourth-order valence-electron chi connectivity index (χ4n) is 1.81. The number of hydrogen-bond donors (Lipinski definition) is 2. The summed E-state index contributed by atoms with van der Waals surface area (Å²) >= 11 is 5.92. The monoisotopic (exact) mass is 228 g/mol. The normalized spacial score (nSPS) is 20.9. The molecule has 82 valence electrons. The minimum Gasteiger partial charge on any atom is -0.367 e. The number of H-pyrrole nitrogens is 1. The van der Waals surface area contributed by atoms with Gasteiger partial charge in [-0.1, -0.05) is 11.6 Å². The number of nitrogens with one attached hydrogen (secondary N) is 2. The van der Waals surface area contributed by atoms with E-state index in [1.165, 1.54) is 0 Å². The van der Waals surface area contributed by atoms with E-state index in [9.17, 15) is 4.79 Å². The van der Waals surface area contributed by atoms with Crippen molar-refractivity contribution in [2.45, 2.75) is 12.5 Å². The number of rotatable bonds is 2. The van der Waals surface area contributed by atoms with Crippen molar-refractivity contribution in [3.05, 3.63) is 21.6 Å². The average molecular weight is 229 g/mol. The molecule has 0 bridgehead atoms. The minimum atomic E-state index is -0.331. The Morgan fingerprint density at radius 3 is 3.20 bits per heavy atom. The first-order valence-corrected chi connectivity index (χ1v) is 5.25. The Bertz CT molecular complexity index is 405. The molecule has 2 N–H and O–H groups in total. The molecule has 0 saturated carbocycles. The van der Waals surface area contributed by atoms with Gasteiger partial charge < -0.3 is 10.2 Å². The molecule has 0 amide bonds. The number of halogens is 1. The Morgan fingerprint density at radius 2 is 2.53 bits per heavy atom. The molecule has 0 aliphatic carbocycles. The van der Waals surface area contributed by atoms with Crippen LogP contribution in [0.1, 0.15) is 6.42 Å². The zero-order chi connectivity index (χ0) is 10.8. The largest absolute Gasteiger partial charge is 0.367 e. The molecule has 2 rings (SSSR count). The fourth-order valence-corrected chi connectivity index (χ4v) is 2.02. The summed E-state index contributed by atoms with van der Waals surface area (Å²) in [5, 5.41) is 9.50. The lowest BCUT2D eigenvalue weighted by molar-refractivity contribution is 0.617. The van der Waals surface area contributed by atoms with Gasteiger partial charge >= 0.3 is 0 Å². The number of aromatic amines is 1. The van der Waals surface area contributed by atoms with Gasteiger partial charge in [0, 0.05) is 19.1 Å². The van der Waals surface area contributed by atoms with Crippen molar-refractivity contribution in [2.75, 3.05) is 25.0 Å². The molecule has 1 unspecified atom stereocenters. The molecule has 0 aromatic carbocycles. The van der Waals surface area contributed by atoms with Gasteiger partial charge in [-0.15, -0.1) is 0 Å². The van der Waals surface area contributed by atoms with Gasteiger partial charge in [0.25, 0.3) is 5.56 Å². The van der Waals surface area contributed by atoms with E-state index >= 15 is 0 Å². The second-order valence-corrected chi connectivity index (χ2v) is 4.00. The number of aromatic nitrogens is 2. The van der Waals surface area contributed by atoms with E-state index in [-0.39, 0.29) is 10.6 Å². The molecule has 6 heteroatoms. The van der Waals surface area contributed by atoms with E-state index in [1.54, 1.807) is 6.20 Å². The SMILES string of the molecule is CNC1CCN(c2cn[nH]c(=O)c2Cl)C1. The molecule has 1 fully saturated rings. The third-order valence-corrected chi connectivity index (χ3v) is 3.08. The first-order valence-electron chi connectivity index (χ1n) is 4.87. The van der Waals surface area contributed by atoms with Crippen molar-refractivity contribution in [2.24, 2.45) is 0 Å². The van der Waals surface area contributed by atoms with Gasteiger partial charge in [-0.2, -0.15) is 5.10 Å². The Morgan fingerprint density at radius 1 is 1.73 bits per heavy atom. The van der Waals surface area contributed by atoms with Gasteiger partial charge in [0.15, 0.2) is 0 Å². The fraction of sp³-hybridized carbons (Fsp3) is 0.556. The van der Waals surface area contributed by atoms with Crippen molar-refractivity contribution >= 4 is 17.3 Å². The second kappa shape index (κ2) is 4.20. The van der Waals surface area contributed by atoms with Crippen LogP contribution in [0, 0.1) is 0 Å². The maximum atomic E-state index is 11.3. The summed E-state index contributed by atoms with van der Waals surface area (Å²) in [6.45, 7) is 1.76. The summed E-state index contributed by atoms with van der Waals surface area (Å²) in [5.41, 5.74) is 0.389. The van der Waals surface area contributed by atoms with Crippen LogP contribution in [-0.4, -0.2) is 36.4 Å². The van der Waals surface area contributed by atoms with E-state index in [1.807, 2.05) is 7.05 Å². The standard InChI is InChI=1S/C9H13ClN4O/c1-11-6-2-3-14(5-6)7-4-12-13-9(15)8(7)10/h4,6,11H,2-3,5H2,1H3,(H,13,15). The summed E-state index contributed by atoms with van der Waals surface area (Å²) in [4.78, 5) is 13.3. The predicted molar refractivity (Wildman–Crippen MR) is 59.5 cm³/mol. The van der Waals surface area contributed by atoms with Crippen LogP contribution < -0.4 is 15.8 Å². The van der Waals surface area contributed by atoms with E-state index in [0.29, 0.717) is 6.04 Å². The average Bonchev–Trinajstić information content (AvgIpc) is 2.70. The lowest BCUT2D eigenvalue weighted by Gasteiger charge is -2.18. The molecule has 1 aliphatic rings. The molecule has 15 heavy (non-hydrogen) atoms. The van der Waals surface area contributed by atoms with Gasteiger partial charge in [0.2, 0.25) is 0 Å². The highest BCUT2D eigenvalue weighted by atomic mass is 35.5. The van der Waals surface area contributed by atoms with E-state index in [4.69, 9.17) is 11.6 Å². The smallest absolute Gasteiger partial charge is 0.285 e. The van der Waals surface area contributed by atoms with Crippen LogP contribution in [0.25, 0.3) is 0 Å². The van der Waals surface area contributed by atoms with Gasteiger partial charge in [-0.25, -0.2) is 5.10 Å². The molecule has 0 radical (unpaired) electrons. The summed E-state index contributed by atoms with van der Waals surface area (Å²) in [6, 6.07) is 0.459. The number of anilines is 1. The molecule has 1 atom stereocenters. The van der Waals surface area contributed by atoms with Crippen LogP contribution in [0.2, 0.25) is 5.02 Å². The highest BCUT2D eigenvalue weighted by Gasteiger charge is 2.23. The van der Waals surface area contributed by atoms with Crippen molar-refractivity contribution in [3.8, 4) is 0 Å². The first-order chi connectivity index (χ1) is 7.22. The molecule has 1 aliphatic heterocycles. The lowest BCUT2D eigenvalue weighted by atomic mass is 10.3. The quantitative estimate of drug-likeness (QED) is 0.761.